The third kappa shape index (κ3) is 3.58. The second-order valence-corrected chi connectivity index (χ2v) is 9.08. The minimum atomic E-state index is 0.143. The third-order valence-corrected chi connectivity index (χ3v) is 6.97. The normalized spacial score (nSPS) is 25.0. The molecule has 0 spiro atoms. The molecule has 3 aliphatic rings. The van der Waals surface area contributed by atoms with Crippen LogP contribution in [0.1, 0.15) is 38.5 Å². The predicted octanol–water partition coefficient (Wildman–Crippen LogP) is 3.30. The summed E-state index contributed by atoms with van der Waals surface area (Å²) in [4.78, 5) is 2.42. The Bertz CT molecular complexity index is 1090. The van der Waals surface area contributed by atoms with Crippen molar-refractivity contribution < 1.29 is 9.84 Å². The van der Waals surface area contributed by atoms with E-state index in [0.717, 1.165) is 43.1 Å². The maximum absolute atomic E-state index is 10.7. The molecule has 3 aliphatic heterocycles. The number of hydrogen-bond donors (Lipinski definition) is 2. The molecule has 3 aromatic rings. The van der Waals surface area contributed by atoms with Crippen molar-refractivity contribution in [1.82, 2.24) is 25.3 Å². The first-order chi connectivity index (χ1) is 15.7. The number of aromatic hydroxyl groups is 1. The average molecular weight is 433 g/mol. The Balaban J connectivity index is 1.31. The molecule has 8 heteroatoms. The predicted molar refractivity (Wildman–Crippen MR) is 121 cm³/mol. The maximum Gasteiger partial charge on any atom is 0.194 e. The second-order valence-electron chi connectivity index (χ2n) is 9.08. The number of phenolic OH excluding ortho intramolecular Hbond substituents is 1. The van der Waals surface area contributed by atoms with Gasteiger partial charge in [-0.1, -0.05) is 6.42 Å². The Morgan fingerprint density at radius 2 is 1.94 bits per heavy atom. The van der Waals surface area contributed by atoms with Gasteiger partial charge in [-0.05, 0) is 50.3 Å². The van der Waals surface area contributed by atoms with Crippen molar-refractivity contribution in [1.29, 1.82) is 0 Å². The molecule has 5 heterocycles. The fourth-order valence-electron chi connectivity index (χ4n) is 5.47. The van der Waals surface area contributed by atoms with Crippen LogP contribution >= 0.6 is 0 Å². The molecule has 32 heavy (non-hydrogen) atoms. The van der Waals surface area contributed by atoms with Crippen molar-refractivity contribution in [3.05, 3.63) is 42.7 Å². The van der Waals surface area contributed by atoms with E-state index in [1.165, 1.54) is 19.3 Å². The van der Waals surface area contributed by atoms with Crippen LogP contribution in [-0.2, 0) is 0 Å². The van der Waals surface area contributed by atoms with Gasteiger partial charge in [0, 0.05) is 54.8 Å². The number of nitrogens with one attached hydrogen (secondary N) is 1. The van der Waals surface area contributed by atoms with E-state index >= 15 is 0 Å². The van der Waals surface area contributed by atoms with Crippen LogP contribution in [0.4, 0.5) is 5.82 Å². The quantitative estimate of drug-likeness (QED) is 0.656. The van der Waals surface area contributed by atoms with Crippen LogP contribution in [0.15, 0.2) is 42.7 Å². The van der Waals surface area contributed by atoms with Gasteiger partial charge in [-0.2, -0.15) is 5.10 Å². The standard InChI is InChI=1S/C24H28N6O2/c31-22-14-18(30-10-2-8-25-30)6-7-20(22)21-15-23-24(28-27-21)29(9-3-11-32-23)19-12-16-4-1-5-17(13-19)26-16/h2,6-8,10,14-17,19,26,31H,1,3-5,9,11-13H2/t16-,17+,19?. The summed E-state index contributed by atoms with van der Waals surface area (Å²) in [7, 11) is 0. The van der Waals surface area contributed by atoms with E-state index in [4.69, 9.17) is 4.74 Å². The Kier molecular flexibility index (Phi) is 4.94. The Morgan fingerprint density at radius 3 is 2.72 bits per heavy atom. The van der Waals surface area contributed by atoms with E-state index in [9.17, 15) is 5.11 Å². The lowest BCUT2D eigenvalue weighted by Gasteiger charge is -2.44. The van der Waals surface area contributed by atoms with Crippen molar-refractivity contribution in [3.63, 3.8) is 0 Å². The van der Waals surface area contributed by atoms with E-state index in [1.54, 1.807) is 16.9 Å². The van der Waals surface area contributed by atoms with Crippen LogP contribution in [0.5, 0.6) is 11.5 Å². The van der Waals surface area contributed by atoms with Crippen LogP contribution in [-0.4, -0.2) is 56.4 Å². The monoisotopic (exact) mass is 432 g/mol. The number of nitrogens with zero attached hydrogens (tertiary/aromatic N) is 5. The molecule has 1 unspecified atom stereocenters. The highest BCUT2D eigenvalue weighted by molar-refractivity contribution is 5.71. The Morgan fingerprint density at radius 1 is 1.06 bits per heavy atom. The number of phenols is 1. The van der Waals surface area contributed by atoms with E-state index in [0.29, 0.717) is 36.0 Å². The number of aromatic nitrogens is 4. The van der Waals surface area contributed by atoms with Crippen LogP contribution in [0, 0.1) is 0 Å². The lowest BCUT2D eigenvalue weighted by Crippen LogP contribution is -2.55. The molecular formula is C24H28N6O2. The summed E-state index contributed by atoms with van der Waals surface area (Å²) in [6, 6.07) is 10.9. The highest BCUT2D eigenvalue weighted by Gasteiger charge is 2.36. The van der Waals surface area contributed by atoms with Gasteiger partial charge < -0.3 is 20.1 Å². The van der Waals surface area contributed by atoms with Gasteiger partial charge in [0.1, 0.15) is 11.4 Å². The number of benzene rings is 1. The van der Waals surface area contributed by atoms with Gasteiger partial charge in [0.25, 0.3) is 0 Å². The Labute approximate surface area is 187 Å². The summed E-state index contributed by atoms with van der Waals surface area (Å²) in [5, 5.41) is 27.8. The average Bonchev–Trinajstić information content (AvgIpc) is 3.26. The number of rotatable bonds is 3. The Hall–Kier alpha value is -3.13. The fraction of sp³-hybridized carbons (Fsp3) is 0.458. The molecule has 6 rings (SSSR count). The SMILES string of the molecule is Oc1cc(-n2cccn2)ccc1-c1cc2c(nn1)N(C1C[C@H]3CCC[C@@H](C1)N3)CCCO2. The van der Waals surface area contributed by atoms with E-state index in [-0.39, 0.29) is 5.75 Å². The van der Waals surface area contributed by atoms with Crippen molar-refractivity contribution >= 4 is 5.82 Å². The zero-order valence-electron chi connectivity index (χ0n) is 18.0. The summed E-state index contributed by atoms with van der Waals surface area (Å²) < 4.78 is 7.80. The van der Waals surface area contributed by atoms with Crippen LogP contribution in [0.25, 0.3) is 16.9 Å². The second kappa shape index (κ2) is 8.09. The van der Waals surface area contributed by atoms with Crippen molar-refractivity contribution in [2.24, 2.45) is 0 Å². The van der Waals surface area contributed by atoms with Gasteiger partial charge >= 0.3 is 0 Å². The van der Waals surface area contributed by atoms with Crippen LogP contribution < -0.4 is 15.0 Å². The number of anilines is 1. The smallest absolute Gasteiger partial charge is 0.194 e. The minimum Gasteiger partial charge on any atom is -0.507 e. The molecule has 0 radical (unpaired) electrons. The summed E-state index contributed by atoms with van der Waals surface area (Å²) in [5.41, 5.74) is 2.03. The molecule has 166 valence electrons. The molecule has 2 saturated heterocycles. The zero-order chi connectivity index (χ0) is 21.5. The lowest BCUT2D eigenvalue weighted by molar-refractivity contribution is 0.216. The van der Waals surface area contributed by atoms with Gasteiger partial charge in [-0.15, -0.1) is 10.2 Å². The first-order valence-corrected chi connectivity index (χ1v) is 11.6. The number of hydrogen-bond acceptors (Lipinski definition) is 7. The van der Waals surface area contributed by atoms with Gasteiger partial charge in [0.15, 0.2) is 11.6 Å². The molecule has 2 aromatic heterocycles. The molecule has 8 nitrogen and oxygen atoms in total. The van der Waals surface area contributed by atoms with E-state index in [2.05, 4.69) is 25.5 Å². The third-order valence-electron chi connectivity index (χ3n) is 6.97. The highest BCUT2D eigenvalue weighted by atomic mass is 16.5. The first-order valence-electron chi connectivity index (χ1n) is 11.6. The molecule has 2 bridgehead atoms. The van der Waals surface area contributed by atoms with Crippen LogP contribution in [0.3, 0.4) is 0 Å². The summed E-state index contributed by atoms with van der Waals surface area (Å²) in [6.07, 6.45) is 10.7. The molecule has 3 atom stereocenters. The van der Waals surface area contributed by atoms with Crippen LogP contribution in [0.2, 0.25) is 0 Å². The maximum atomic E-state index is 10.7. The van der Waals surface area contributed by atoms with Crippen molar-refractivity contribution in [3.8, 4) is 28.4 Å². The van der Waals surface area contributed by atoms with Gasteiger partial charge in [-0.25, -0.2) is 4.68 Å². The molecule has 1 aromatic carbocycles. The lowest BCUT2D eigenvalue weighted by atomic mass is 9.83. The molecule has 2 N–H and O–H groups in total. The van der Waals surface area contributed by atoms with E-state index in [1.807, 2.05) is 30.5 Å². The number of fused-ring (bicyclic) bond motifs is 3. The molecule has 0 amide bonds. The van der Waals surface area contributed by atoms with Crippen molar-refractivity contribution in [2.75, 3.05) is 18.1 Å². The van der Waals surface area contributed by atoms with Crippen molar-refractivity contribution in [2.45, 2.75) is 56.7 Å². The van der Waals surface area contributed by atoms with Gasteiger partial charge in [0.05, 0.1) is 12.3 Å². The van der Waals surface area contributed by atoms with Gasteiger partial charge in [-0.3, -0.25) is 0 Å². The summed E-state index contributed by atoms with van der Waals surface area (Å²) in [5.74, 6) is 1.74. The highest BCUT2D eigenvalue weighted by Crippen LogP contribution is 2.38. The first kappa shape index (κ1) is 19.5. The van der Waals surface area contributed by atoms with E-state index < -0.39 is 0 Å². The summed E-state index contributed by atoms with van der Waals surface area (Å²) in [6.45, 7) is 1.60. The number of ether oxygens (including phenoxy) is 1. The zero-order valence-corrected chi connectivity index (χ0v) is 18.0. The topological polar surface area (TPSA) is 88.3 Å². The number of piperidine rings is 2. The molecular weight excluding hydrogens is 404 g/mol. The molecule has 2 fully saturated rings. The summed E-state index contributed by atoms with van der Waals surface area (Å²) >= 11 is 0. The fourth-order valence-corrected chi connectivity index (χ4v) is 5.47. The molecule has 0 aliphatic carbocycles. The largest absolute Gasteiger partial charge is 0.507 e. The van der Waals surface area contributed by atoms with Gasteiger partial charge in [0.2, 0.25) is 0 Å². The minimum absolute atomic E-state index is 0.143. The molecule has 0 saturated carbocycles.